The van der Waals surface area contributed by atoms with E-state index in [0.29, 0.717) is 12.8 Å². The van der Waals surface area contributed by atoms with E-state index in [9.17, 15) is 9.59 Å². The summed E-state index contributed by atoms with van der Waals surface area (Å²) in [6, 6.07) is 5.84. The minimum absolute atomic E-state index is 0.0463. The van der Waals surface area contributed by atoms with Gasteiger partial charge in [0.05, 0.1) is 6.42 Å². The van der Waals surface area contributed by atoms with Gasteiger partial charge in [0.2, 0.25) is 5.91 Å². The van der Waals surface area contributed by atoms with E-state index in [4.69, 9.17) is 5.11 Å². The first-order chi connectivity index (χ1) is 8.88. The van der Waals surface area contributed by atoms with Crippen LogP contribution in [0, 0.1) is 13.8 Å². The lowest BCUT2D eigenvalue weighted by Crippen LogP contribution is -2.34. The number of hydrogen-bond donors (Lipinski definition) is 2. The van der Waals surface area contributed by atoms with E-state index in [0.717, 1.165) is 5.56 Å². The van der Waals surface area contributed by atoms with Crippen LogP contribution >= 0.6 is 0 Å². The molecule has 0 saturated carbocycles. The van der Waals surface area contributed by atoms with Crippen molar-refractivity contribution < 1.29 is 14.7 Å². The molecule has 0 saturated heterocycles. The van der Waals surface area contributed by atoms with Crippen molar-refractivity contribution in [2.45, 2.75) is 46.1 Å². The molecule has 4 heteroatoms. The molecule has 0 aliphatic carbocycles. The maximum Gasteiger partial charge on any atom is 0.305 e. The van der Waals surface area contributed by atoms with Gasteiger partial charge in [-0.1, -0.05) is 23.8 Å². The van der Waals surface area contributed by atoms with E-state index in [-0.39, 0.29) is 18.4 Å². The molecule has 0 unspecified atom stereocenters. The number of carboxylic acid groups (broad SMARTS) is 1. The van der Waals surface area contributed by atoms with Crippen LogP contribution in [0.1, 0.15) is 36.5 Å². The average Bonchev–Trinajstić information content (AvgIpc) is 2.26. The fourth-order valence-electron chi connectivity index (χ4n) is 2.03. The standard InChI is InChI=1S/C15H21NO3/c1-10-4-5-13(11(2)8-10)6-7-14(17)16-12(3)9-15(18)19/h4-5,8,12H,6-7,9H2,1-3H3,(H,16,17)(H,18,19)/t12-/m1/s1. The van der Waals surface area contributed by atoms with Gasteiger partial charge < -0.3 is 10.4 Å². The van der Waals surface area contributed by atoms with E-state index in [1.54, 1.807) is 6.92 Å². The summed E-state index contributed by atoms with van der Waals surface area (Å²) in [5.74, 6) is -1.00. The van der Waals surface area contributed by atoms with E-state index in [1.165, 1.54) is 11.1 Å². The van der Waals surface area contributed by atoms with Gasteiger partial charge in [-0.05, 0) is 38.3 Å². The predicted molar refractivity (Wildman–Crippen MR) is 74.1 cm³/mol. The lowest BCUT2D eigenvalue weighted by atomic mass is 10.0. The molecule has 0 radical (unpaired) electrons. The molecule has 19 heavy (non-hydrogen) atoms. The molecule has 0 bridgehead atoms. The number of rotatable bonds is 6. The van der Waals surface area contributed by atoms with Crippen molar-refractivity contribution in [2.75, 3.05) is 0 Å². The Kier molecular flexibility index (Phi) is 5.55. The lowest BCUT2D eigenvalue weighted by molar-refractivity contribution is -0.137. The summed E-state index contributed by atoms with van der Waals surface area (Å²) in [5.41, 5.74) is 3.55. The van der Waals surface area contributed by atoms with Gasteiger partial charge in [-0.25, -0.2) is 0 Å². The third-order valence-corrected chi connectivity index (χ3v) is 3.01. The van der Waals surface area contributed by atoms with Crippen LogP contribution in [0.5, 0.6) is 0 Å². The first-order valence-electron chi connectivity index (χ1n) is 6.45. The topological polar surface area (TPSA) is 66.4 Å². The number of hydrogen-bond acceptors (Lipinski definition) is 2. The monoisotopic (exact) mass is 263 g/mol. The van der Waals surface area contributed by atoms with Crippen molar-refractivity contribution in [1.82, 2.24) is 5.32 Å². The van der Waals surface area contributed by atoms with E-state index in [2.05, 4.69) is 11.4 Å². The second kappa shape index (κ2) is 6.92. The van der Waals surface area contributed by atoms with Crippen LogP contribution in [0.3, 0.4) is 0 Å². The van der Waals surface area contributed by atoms with Crippen molar-refractivity contribution >= 4 is 11.9 Å². The average molecular weight is 263 g/mol. The molecule has 1 amide bonds. The third-order valence-electron chi connectivity index (χ3n) is 3.01. The Hall–Kier alpha value is -1.84. The number of carboxylic acids is 1. The molecule has 4 nitrogen and oxygen atoms in total. The molecule has 0 aliphatic rings. The van der Waals surface area contributed by atoms with Crippen molar-refractivity contribution in [3.8, 4) is 0 Å². The van der Waals surface area contributed by atoms with Crippen molar-refractivity contribution in [3.63, 3.8) is 0 Å². The summed E-state index contributed by atoms with van der Waals surface area (Å²) in [5, 5.41) is 11.3. The predicted octanol–water partition coefficient (Wildman–Crippen LogP) is 2.22. The summed E-state index contributed by atoms with van der Waals surface area (Å²) >= 11 is 0. The number of amides is 1. The van der Waals surface area contributed by atoms with Crippen LogP contribution in [0.2, 0.25) is 0 Å². The molecule has 1 aromatic carbocycles. The van der Waals surface area contributed by atoms with Crippen molar-refractivity contribution in [2.24, 2.45) is 0 Å². The van der Waals surface area contributed by atoms with Gasteiger partial charge in [0, 0.05) is 12.5 Å². The molecule has 2 N–H and O–H groups in total. The maximum atomic E-state index is 11.7. The Balaban J connectivity index is 2.43. The van der Waals surface area contributed by atoms with Crippen molar-refractivity contribution in [3.05, 3.63) is 34.9 Å². The van der Waals surface area contributed by atoms with E-state index >= 15 is 0 Å². The number of carbonyl (C=O) groups excluding carboxylic acids is 1. The molecule has 0 heterocycles. The molecule has 0 aromatic heterocycles. The van der Waals surface area contributed by atoms with Gasteiger partial charge in [-0.3, -0.25) is 9.59 Å². The van der Waals surface area contributed by atoms with Crippen LogP contribution in [-0.2, 0) is 16.0 Å². The SMILES string of the molecule is Cc1ccc(CCC(=O)N[C@H](C)CC(=O)O)c(C)c1. The normalized spacial score (nSPS) is 11.9. The molecule has 0 aliphatic heterocycles. The first-order valence-corrected chi connectivity index (χ1v) is 6.45. The minimum Gasteiger partial charge on any atom is -0.481 e. The van der Waals surface area contributed by atoms with Gasteiger partial charge >= 0.3 is 5.97 Å². The lowest BCUT2D eigenvalue weighted by Gasteiger charge is -2.12. The quantitative estimate of drug-likeness (QED) is 0.827. The van der Waals surface area contributed by atoms with Gasteiger partial charge in [0.25, 0.3) is 0 Å². The third kappa shape index (κ3) is 5.55. The van der Waals surface area contributed by atoms with E-state index < -0.39 is 5.97 Å². The van der Waals surface area contributed by atoms with Crippen LogP contribution in [0.25, 0.3) is 0 Å². The molecule has 104 valence electrons. The molecule has 1 rings (SSSR count). The highest BCUT2D eigenvalue weighted by atomic mass is 16.4. The molecule has 0 spiro atoms. The Morgan fingerprint density at radius 3 is 2.58 bits per heavy atom. The molecular weight excluding hydrogens is 242 g/mol. The van der Waals surface area contributed by atoms with Gasteiger partial charge in [-0.15, -0.1) is 0 Å². The highest BCUT2D eigenvalue weighted by Gasteiger charge is 2.11. The van der Waals surface area contributed by atoms with Crippen LogP contribution in [0.4, 0.5) is 0 Å². The number of nitrogens with one attached hydrogen (secondary N) is 1. The minimum atomic E-state index is -0.901. The summed E-state index contributed by atoms with van der Waals surface area (Å²) in [4.78, 5) is 22.2. The fraction of sp³-hybridized carbons (Fsp3) is 0.467. The van der Waals surface area contributed by atoms with E-state index in [1.807, 2.05) is 26.0 Å². The second-order valence-corrected chi connectivity index (χ2v) is 5.00. The summed E-state index contributed by atoms with van der Waals surface area (Å²) in [7, 11) is 0. The summed E-state index contributed by atoms with van der Waals surface area (Å²) in [6.45, 7) is 5.77. The highest BCUT2D eigenvalue weighted by Crippen LogP contribution is 2.12. The zero-order valence-corrected chi connectivity index (χ0v) is 11.7. The van der Waals surface area contributed by atoms with Crippen LogP contribution < -0.4 is 5.32 Å². The van der Waals surface area contributed by atoms with Gasteiger partial charge in [-0.2, -0.15) is 0 Å². The Morgan fingerprint density at radius 1 is 1.32 bits per heavy atom. The zero-order chi connectivity index (χ0) is 14.4. The van der Waals surface area contributed by atoms with Gasteiger partial charge in [0.1, 0.15) is 0 Å². The zero-order valence-electron chi connectivity index (χ0n) is 11.7. The summed E-state index contributed by atoms with van der Waals surface area (Å²) < 4.78 is 0. The smallest absolute Gasteiger partial charge is 0.305 e. The Bertz CT molecular complexity index is 468. The highest BCUT2D eigenvalue weighted by molar-refractivity contribution is 5.77. The largest absolute Gasteiger partial charge is 0.481 e. The van der Waals surface area contributed by atoms with Crippen LogP contribution in [0.15, 0.2) is 18.2 Å². The van der Waals surface area contributed by atoms with Gasteiger partial charge in [0.15, 0.2) is 0 Å². The molecule has 1 atom stereocenters. The Morgan fingerprint density at radius 2 is 2.00 bits per heavy atom. The Labute approximate surface area is 113 Å². The number of benzene rings is 1. The maximum absolute atomic E-state index is 11.7. The second-order valence-electron chi connectivity index (χ2n) is 5.00. The molecular formula is C15H21NO3. The fourth-order valence-corrected chi connectivity index (χ4v) is 2.03. The first kappa shape index (κ1) is 15.2. The van der Waals surface area contributed by atoms with Crippen LogP contribution in [-0.4, -0.2) is 23.0 Å². The summed E-state index contributed by atoms with van der Waals surface area (Å²) in [6.07, 6.45) is 1.01. The number of aryl methyl sites for hydroxylation is 3. The number of aliphatic carboxylic acids is 1. The van der Waals surface area contributed by atoms with Crippen molar-refractivity contribution in [1.29, 1.82) is 0 Å². The molecule has 0 fully saturated rings. The number of carbonyl (C=O) groups is 2. The molecule has 1 aromatic rings.